The molecule has 23 heavy (non-hydrogen) atoms. The Balaban J connectivity index is 1.95. The van der Waals surface area contributed by atoms with E-state index in [0.29, 0.717) is 17.0 Å². The zero-order valence-electron chi connectivity index (χ0n) is 13.4. The van der Waals surface area contributed by atoms with Gasteiger partial charge in [-0.1, -0.05) is 0 Å². The van der Waals surface area contributed by atoms with Gasteiger partial charge in [0, 0.05) is 17.8 Å². The zero-order valence-corrected chi connectivity index (χ0v) is 13.4. The second kappa shape index (κ2) is 5.35. The van der Waals surface area contributed by atoms with Crippen molar-refractivity contribution in [2.45, 2.75) is 38.9 Å². The van der Waals surface area contributed by atoms with Crippen LogP contribution >= 0.6 is 0 Å². The first-order valence-electron chi connectivity index (χ1n) is 7.33. The molecule has 7 heteroatoms. The molecule has 1 saturated heterocycles. The van der Waals surface area contributed by atoms with E-state index in [0.717, 1.165) is 6.07 Å². The van der Waals surface area contributed by atoms with Crippen LogP contribution in [-0.4, -0.2) is 28.3 Å². The minimum absolute atomic E-state index is 0.325. The van der Waals surface area contributed by atoms with Crippen LogP contribution in [-0.2, 0) is 9.31 Å². The molecule has 1 aliphatic rings. The van der Waals surface area contributed by atoms with Crippen LogP contribution in [0.4, 0.5) is 8.78 Å². The molecule has 1 aliphatic heterocycles. The Morgan fingerprint density at radius 3 is 2.09 bits per heavy atom. The fourth-order valence-electron chi connectivity index (χ4n) is 2.30. The van der Waals surface area contributed by atoms with Gasteiger partial charge in [0.1, 0.15) is 11.6 Å². The lowest BCUT2D eigenvalue weighted by Gasteiger charge is -2.32. The van der Waals surface area contributed by atoms with Crippen molar-refractivity contribution in [3.8, 4) is 11.3 Å². The molecular formula is C16H17BF2N2O2. The molecule has 2 aromatic rings. The minimum Gasteiger partial charge on any atom is -0.397 e. The summed E-state index contributed by atoms with van der Waals surface area (Å²) in [6.07, 6.45) is 1.52. The molecular weight excluding hydrogens is 301 g/mol. The largest absolute Gasteiger partial charge is 0.534 e. The van der Waals surface area contributed by atoms with Gasteiger partial charge in [0.15, 0.2) is 5.72 Å². The van der Waals surface area contributed by atoms with E-state index in [-0.39, 0.29) is 0 Å². The first kappa shape index (κ1) is 16.0. The lowest BCUT2D eigenvalue weighted by Crippen LogP contribution is -2.41. The fourth-order valence-corrected chi connectivity index (χ4v) is 2.30. The molecule has 0 aliphatic carbocycles. The fraction of sp³-hybridized carbons (Fsp3) is 0.375. The van der Waals surface area contributed by atoms with E-state index in [2.05, 4.69) is 9.97 Å². The summed E-state index contributed by atoms with van der Waals surface area (Å²) in [6, 6.07) is 4.85. The van der Waals surface area contributed by atoms with Crippen LogP contribution in [0.25, 0.3) is 11.3 Å². The number of rotatable bonds is 2. The van der Waals surface area contributed by atoms with E-state index in [1.165, 1.54) is 18.3 Å². The number of hydrogen-bond acceptors (Lipinski definition) is 4. The number of aromatic nitrogens is 2. The van der Waals surface area contributed by atoms with E-state index in [1.807, 2.05) is 27.7 Å². The van der Waals surface area contributed by atoms with Gasteiger partial charge in [0.2, 0.25) is 0 Å². The molecule has 120 valence electrons. The van der Waals surface area contributed by atoms with Crippen LogP contribution in [0.15, 0.2) is 30.5 Å². The van der Waals surface area contributed by atoms with E-state index in [1.54, 1.807) is 6.07 Å². The molecule has 0 bridgehead atoms. The van der Waals surface area contributed by atoms with Crippen LogP contribution in [0.3, 0.4) is 0 Å². The third kappa shape index (κ3) is 2.98. The van der Waals surface area contributed by atoms with Gasteiger partial charge in [-0.05, 0) is 45.9 Å². The highest BCUT2D eigenvalue weighted by Gasteiger charge is 2.53. The van der Waals surface area contributed by atoms with Crippen molar-refractivity contribution in [1.82, 2.24) is 9.97 Å². The Labute approximate surface area is 134 Å². The van der Waals surface area contributed by atoms with Crippen molar-refractivity contribution in [3.05, 3.63) is 42.1 Å². The molecule has 0 atom stereocenters. The predicted octanol–water partition coefficient (Wildman–Crippen LogP) is 2.72. The highest BCUT2D eigenvalue weighted by Crippen LogP contribution is 2.36. The van der Waals surface area contributed by atoms with Crippen molar-refractivity contribution in [1.29, 1.82) is 0 Å². The standard InChI is InChI=1S/C16H17BF2N2O2/c1-15(2)16(3,4)23-17(22-15)14-20-6-5-13(21-14)10-7-11(18)9-12(19)8-10/h5-9H,1-4H3. The molecule has 0 N–H and O–H groups in total. The van der Waals surface area contributed by atoms with Crippen molar-refractivity contribution >= 4 is 12.8 Å². The summed E-state index contributed by atoms with van der Waals surface area (Å²) in [5, 5.41) is 0. The average molecular weight is 318 g/mol. The molecule has 3 rings (SSSR count). The maximum absolute atomic E-state index is 13.4. The maximum atomic E-state index is 13.4. The molecule has 0 spiro atoms. The summed E-state index contributed by atoms with van der Waals surface area (Å²) in [4.78, 5) is 8.52. The van der Waals surface area contributed by atoms with E-state index < -0.39 is 30.0 Å². The molecule has 4 nitrogen and oxygen atoms in total. The second-order valence-corrected chi connectivity index (χ2v) is 6.55. The number of nitrogens with zero attached hydrogens (tertiary/aromatic N) is 2. The van der Waals surface area contributed by atoms with Gasteiger partial charge in [0.25, 0.3) is 0 Å². The van der Waals surface area contributed by atoms with E-state index in [9.17, 15) is 8.78 Å². The monoisotopic (exact) mass is 318 g/mol. The summed E-state index contributed by atoms with van der Waals surface area (Å²) in [5.74, 6) is -1.31. The van der Waals surface area contributed by atoms with Gasteiger partial charge in [-0.25, -0.2) is 18.7 Å². The number of hydrogen-bond donors (Lipinski definition) is 0. The van der Waals surface area contributed by atoms with Crippen molar-refractivity contribution in [2.24, 2.45) is 0 Å². The van der Waals surface area contributed by atoms with Gasteiger partial charge in [0.05, 0.1) is 16.9 Å². The lowest BCUT2D eigenvalue weighted by molar-refractivity contribution is 0.00578. The highest BCUT2D eigenvalue weighted by molar-refractivity contribution is 6.60. The van der Waals surface area contributed by atoms with Crippen LogP contribution in [0.2, 0.25) is 0 Å². The topological polar surface area (TPSA) is 44.2 Å². The quantitative estimate of drug-likeness (QED) is 0.799. The third-order valence-corrected chi connectivity index (χ3v) is 4.30. The SMILES string of the molecule is CC1(C)OB(c2nccc(-c3cc(F)cc(F)c3)n2)OC1(C)C. The molecule has 0 saturated carbocycles. The van der Waals surface area contributed by atoms with Crippen molar-refractivity contribution < 1.29 is 18.1 Å². The summed E-state index contributed by atoms with van der Waals surface area (Å²) in [6.45, 7) is 7.72. The van der Waals surface area contributed by atoms with Gasteiger partial charge in [-0.2, -0.15) is 0 Å². The predicted molar refractivity (Wildman–Crippen MR) is 83.1 cm³/mol. The number of benzene rings is 1. The highest BCUT2D eigenvalue weighted by atomic mass is 19.1. The Bertz CT molecular complexity index is 716. The smallest absolute Gasteiger partial charge is 0.397 e. The molecule has 0 unspecified atom stereocenters. The van der Waals surface area contributed by atoms with Crippen LogP contribution < -0.4 is 5.72 Å². The molecule has 1 aromatic carbocycles. The van der Waals surface area contributed by atoms with Gasteiger partial charge in [-0.3, -0.25) is 0 Å². The summed E-state index contributed by atoms with van der Waals surface area (Å²) < 4.78 is 38.6. The zero-order chi connectivity index (χ0) is 16.8. The Kier molecular flexibility index (Phi) is 3.73. The Morgan fingerprint density at radius 2 is 1.52 bits per heavy atom. The van der Waals surface area contributed by atoms with Crippen LogP contribution in [0, 0.1) is 11.6 Å². The normalized spacial score (nSPS) is 19.1. The second-order valence-electron chi connectivity index (χ2n) is 6.55. The van der Waals surface area contributed by atoms with Crippen molar-refractivity contribution in [2.75, 3.05) is 0 Å². The summed E-state index contributed by atoms with van der Waals surface area (Å²) in [7, 11) is -0.724. The lowest BCUT2D eigenvalue weighted by atomic mass is 9.89. The van der Waals surface area contributed by atoms with Gasteiger partial charge in [-0.15, -0.1) is 0 Å². The van der Waals surface area contributed by atoms with Crippen molar-refractivity contribution in [3.63, 3.8) is 0 Å². The molecule has 0 amide bonds. The average Bonchev–Trinajstić information content (AvgIpc) is 2.67. The first-order valence-corrected chi connectivity index (χ1v) is 7.33. The Morgan fingerprint density at radius 1 is 0.957 bits per heavy atom. The molecule has 1 fully saturated rings. The first-order chi connectivity index (χ1) is 10.7. The van der Waals surface area contributed by atoms with Crippen LogP contribution in [0.5, 0.6) is 0 Å². The third-order valence-electron chi connectivity index (χ3n) is 4.30. The summed E-state index contributed by atoms with van der Waals surface area (Å²) >= 11 is 0. The number of halogens is 2. The maximum Gasteiger partial charge on any atom is 0.534 e. The van der Waals surface area contributed by atoms with Crippen LogP contribution in [0.1, 0.15) is 27.7 Å². The van der Waals surface area contributed by atoms with Gasteiger partial charge >= 0.3 is 7.12 Å². The van der Waals surface area contributed by atoms with E-state index >= 15 is 0 Å². The molecule has 0 radical (unpaired) electrons. The molecule has 2 heterocycles. The Hall–Kier alpha value is -1.86. The molecule has 1 aromatic heterocycles. The minimum atomic E-state index is -0.724. The van der Waals surface area contributed by atoms with E-state index in [4.69, 9.17) is 9.31 Å². The summed E-state index contributed by atoms with van der Waals surface area (Å²) in [5.41, 5.74) is 0.0425. The van der Waals surface area contributed by atoms with Gasteiger partial charge < -0.3 is 9.31 Å².